The summed E-state index contributed by atoms with van der Waals surface area (Å²) in [5, 5.41) is 8.86. The van der Waals surface area contributed by atoms with Crippen molar-refractivity contribution in [1.29, 1.82) is 0 Å². The number of hydrogen-bond acceptors (Lipinski definition) is 3. The number of alkyl halides is 1. The first-order valence-corrected chi connectivity index (χ1v) is 8.52. The number of ether oxygens (including phenoxy) is 1. The van der Waals surface area contributed by atoms with E-state index in [9.17, 15) is 9.18 Å². The molecule has 1 fully saturated rings. The van der Waals surface area contributed by atoms with Crippen LogP contribution in [0.2, 0.25) is 0 Å². The fourth-order valence-corrected chi connectivity index (χ4v) is 3.38. The molecule has 0 saturated carbocycles. The Morgan fingerprint density at radius 2 is 2.21 bits per heavy atom. The Morgan fingerprint density at radius 1 is 1.46 bits per heavy atom. The second-order valence-corrected chi connectivity index (χ2v) is 6.95. The number of carbonyl (C=O) groups is 1. The van der Waals surface area contributed by atoms with Gasteiger partial charge in [0.05, 0.1) is 6.61 Å². The lowest BCUT2D eigenvalue weighted by Gasteiger charge is -2.42. The van der Waals surface area contributed by atoms with Gasteiger partial charge in [-0.2, -0.15) is 0 Å². The van der Waals surface area contributed by atoms with Gasteiger partial charge >= 0.3 is 5.97 Å². The van der Waals surface area contributed by atoms with Gasteiger partial charge in [0.2, 0.25) is 5.67 Å². The molecule has 24 heavy (non-hydrogen) atoms. The second-order valence-electron chi connectivity index (χ2n) is 6.95. The molecule has 1 aliphatic heterocycles. The fraction of sp³-hybridized carbons (Fsp3) is 0.526. The van der Waals surface area contributed by atoms with Gasteiger partial charge in [0.1, 0.15) is 5.75 Å². The molecule has 3 rings (SSSR count). The van der Waals surface area contributed by atoms with Crippen molar-refractivity contribution < 1.29 is 19.0 Å². The standard InChI is InChI=1S/C19H24FNO3/c1-3-6-24-17-5-4-14-8-16(13(2)7-15(14)9-17)10-21-11-19(20,12-21)18(22)23/h4-5,8-9,13H,3,6-7,10-12H2,1-2H3,(H,22,23)/t13-/m0/s1. The molecule has 1 atom stereocenters. The van der Waals surface area contributed by atoms with Gasteiger partial charge in [-0.3, -0.25) is 4.90 Å². The first-order valence-electron chi connectivity index (χ1n) is 8.52. The highest BCUT2D eigenvalue weighted by atomic mass is 19.1. The number of nitrogens with zero attached hydrogens (tertiary/aromatic N) is 1. The molecule has 2 aliphatic rings. The molecular formula is C19H24FNO3. The van der Waals surface area contributed by atoms with Crippen LogP contribution >= 0.6 is 0 Å². The molecule has 4 nitrogen and oxygen atoms in total. The smallest absolute Gasteiger partial charge is 0.344 e. The molecule has 0 spiro atoms. The van der Waals surface area contributed by atoms with Crippen molar-refractivity contribution in [2.45, 2.75) is 32.4 Å². The largest absolute Gasteiger partial charge is 0.494 e. The zero-order valence-corrected chi connectivity index (χ0v) is 14.2. The maximum atomic E-state index is 13.8. The highest BCUT2D eigenvalue weighted by Gasteiger charge is 2.50. The SMILES string of the molecule is CCCOc1ccc2c(c1)C[C@H](C)C(CN1CC(F)(C(=O)O)C1)=C2. The van der Waals surface area contributed by atoms with Gasteiger partial charge in [0.15, 0.2) is 0 Å². The Balaban J connectivity index is 1.68. The van der Waals surface area contributed by atoms with Crippen LogP contribution in [0.4, 0.5) is 4.39 Å². The summed E-state index contributed by atoms with van der Waals surface area (Å²) < 4.78 is 19.5. The van der Waals surface area contributed by atoms with E-state index in [0.29, 0.717) is 12.5 Å². The zero-order valence-electron chi connectivity index (χ0n) is 14.2. The van der Waals surface area contributed by atoms with Crippen molar-refractivity contribution >= 4 is 12.0 Å². The first-order chi connectivity index (χ1) is 11.4. The van der Waals surface area contributed by atoms with Crippen LogP contribution in [0.5, 0.6) is 5.75 Å². The van der Waals surface area contributed by atoms with Crippen LogP contribution in [0.15, 0.2) is 23.8 Å². The molecule has 1 saturated heterocycles. The normalized spacial score (nSPS) is 22.3. The summed E-state index contributed by atoms with van der Waals surface area (Å²) in [6.45, 7) is 5.55. The van der Waals surface area contributed by atoms with Gasteiger partial charge in [-0.05, 0) is 42.0 Å². The Morgan fingerprint density at radius 3 is 2.88 bits per heavy atom. The van der Waals surface area contributed by atoms with Crippen LogP contribution in [0.1, 0.15) is 31.4 Å². The predicted molar refractivity (Wildman–Crippen MR) is 91.0 cm³/mol. The average molecular weight is 333 g/mol. The Hall–Kier alpha value is -1.88. The lowest BCUT2D eigenvalue weighted by atomic mass is 9.83. The molecular weight excluding hydrogens is 309 g/mol. The minimum Gasteiger partial charge on any atom is -0.494 e. The molecule has 0 amide bonds. The minimum atomic E-state index is -2.07. The number of benzene rings is 1. The molecule has 0 radical (unpaired) electrons. The molecule has 0 bridgehead atoms. The number of rotatable bonds is 6. The van der Waals surface area contributed by atoms with Crippen molar-refractivity contribution in [3.8, 4) is 5.75 Å². The number of aliphatic carboxylic acids is 1. The van der Waals surface area contributed by atoms with E-state index >= 15 is 0 Å². The molecule has 5 heteroatoms. The van der Waals surface area contributed by atoms with E-state index in [1.54, 1.807) is 0 Å². The number of fused-ring (bicyclic) bond motifs is 1. The Kier molecular flexibility index (Phi) is 4.63. The summed E-state index contributed by atoms with van der Waals surface area (Å²) in [6, 6.07) is 6.16. The summed E-state index contributed by atoms with van der Waals surface area (Å²) in [5.41, 5.74) is 1.62. The molecule has 1 aromatic rings. The van der Waals surface area contributed by atoms with Crippen molar-refractivity contribution in [2.75, 3.05) is 26.2 Å². The molecule has 0 unspecified atom stereocenters. The van der Waals surface area contributed by atoms with Crippen LogP contribution in [-0.4, -0.2) is 47.9 Å². The van der Waals surface area contributed by atoms with Crippen LogP contribution in [0, 0.1) is 5.92 Å². The highest BCUT2D eigenvalue weighted by Crippen LogP contribution is 2.34. The number of halogens is 1. The summed E-state index contributed by atoms with van der Waals surface area (Å²) in [7, 11) is 0. The van der Waals surface area contributed by atoms with Gasteiger partial charge in [0, 0.05) is 19.6 Å². The van der Waals surface area contributed by atoms with Crippen molar-refractivity contribution in [3.05, 3.63) is 34.9 Å². The lowest BCUT2D eigenvalue weighted by Crippen LogP contribution is -2.63. The maximum Gasteiger partial charge on any atom is 0.344 e. The summed E-state index contributed by atoms with van der Waals surface area (Å²) >= 11 is 0. The number of carboxylic acid groups (broad SMARTS) is 1. The highest BCUT2D eigenvalue weighted by molar-refractivity contribution is 5.79. The average Bonchev–Trinajstić information content (AvgIpc) is 2.51. The first kappa shape index (κ1) is 17.0. The third-order valence-corrected chi connectivity index (χ3v) is 4.83. The van der Waals surface area contributed by atoms with E-state index in [4.69, 9.17) is 9.84 Å². The van der Waals surface area contributed by atoms with E-state index in [-0.39, 0.29) is 13.1 Å². The molecule has 1 heterocycles. The van der Waals surface area contributed by atoms with Gasteiger partial charge in [-0.25, -0.2) is 9.18 Å². The summed E-state index contributed by atoms with van der Waals surface area (Å²) in [4.78, 5) is 12.7. The maximum absolute atomic E-state index is 13.8. The van der Waals surface area contributed by atoms with Crippen LogP contribution in [0.25, 0.3) is 6.08 Å². The minimum absolute atomic E-state index is 0.0248. The number of hydrogen-bond donors (Lipinski definition) is 1. The van der Waals surface area contributed by atoms with E-state index in [1.165, 1.54) is 16.7 Å². The monoisotopic (exact) mass is 333 g/mol. The van der Waals surface area contributed by atoms with Crippen molar-refractivity contribution in [1.82, 2.24) is 4.90 Å². The van der Waals surface area contributed by atoms with Crippen LogP contribution in [0.3, 0.4) is 0 Å². The van der Waals surface area contributed by atoms with Gasteiger partial charge in [-0.1, -0.05) is 31.6 Å². The molecule has 1 aromatic carbocycles. The third-order valence-electron chi connectivity index (χ3n) is 4.83. The number of carboxylic acids is 1. The number of likely N-dealkylation sites (tertiary alicyclic amines) is 1. The topological polar surface area (TPSA) is 49.8 Å². The van der Waals surface area contributed by atoms with E-state index in [1.807, 2.05) is 11.0 Å². The second kappa shape index (κ2) is 6.55. The Bertz CT molecular complexity index is 665. The molecule has 0 aromatic heterocycles. The van der Waals surface area contributed by atoms with Crippen LogP contribution in [-0.2, 0) is 11.2 Å². The van der Waals surface area contributed by atoms with Gasteiger partial charge in [0.25, 0.3) is 0 Å². The molecule has 1 aliphatic carbocycles. The van der Waals surface area contributed by atoms with E-state index < -0.39 is 11.6 Å². The van der Waals surface area contributed by atoms with Gasteiger partial charge < -0.3 is 9.84 Å². The van der Waals surface area contributed by atoms with Crippen LogP contribution < -0.4 is 4.74 Å². The molecule has 1 N–H and O–H groups in total. The van der Waals surface area contributed by atoms with Crippen molar-refractivity contribution in [2.24, 2.45) is 5.92 Å². The fourth-order valence-electron chi connectivity index (χ4n) is 3.38. The third kappa shape index (κ3) is 3.31. The zero-order chi connectivity index (χ0) is 17.3. The predicted octanol–water partition coefficient (Wildman–Crippen LogP) is 3.16. The van der Waals surface area contributed by atoms with E-state index in [0.717, 1.165) is 25.2 Å². The summed E-state index contributed by atoms with van der Waals surface area (Å²) in [6.07, 6.45) is 4.07. The lowest BCUT2D eigenvalue weighted by molar-refractivity contribution is -0.163. The van der Waals surface area contributed by atoms with Gasteiger partial charge in [-0.15, -0.1) is 0 Å². The van der Waals surface area contributed by atoms with Crippen molar-refractivity contribution in [3.63, 3.8) is 0 Å². The molecule has 130 valence electrons. The quantitative estimate of drug-likeness (QED) is 0.869. The van der Waals surface area contributed by atoms with E-state index in [2.05, 4.69) is 32.1 Å². The Labute approximate surface area is 141 Å². The summed E-state index contributed by atoms with van der Waals surface area (Å²) in [5.74, 6) is -0.0844.